The van der Waals surface area contributed by atoms with Crippen molar-refractivity contribution in [1.29, 1.82) is 0 Å². The van der Waals surface area contributed by atoms with Crippen LogP contribution < -0.4 is 4.90 Å². The second-order valence-electron chi connectivity index (χ2n) is 5.76. The molecule has 0 unspecified atom stereocenters. The van der Waals surface area contributed by atoms with E-state index in [9.17, 15) is 13.2 Å². The van der Waals surface area contributed by atoms with Crippen molar-refractivity contribution in [2.24, 2.45) is 0 Å². The molecule has 1 amide bonds. The highest BCUT2D eigenvalue weighted by molar-refractivity contribution is 7.89. The number of hydrogen-bond acceptors (Lipinski definition) is 4. The molecule has 2 aliphatic heterocycles. The highest BCUT2D eigenvalue weighted by Gasteiger charge is 2.31. The third-order valence-corrected chi connectivity index (χ3v) is 6.04. The van der Waals surface area contributed by atoms with Crippen molar-refractivity contribution in [3.63, 3.8) is 0 Å². The molecular formula is C15H20N2O4S. The minimum atomic E-state index is -3.55. The molecule has 0 aliphatic carbocycles. The van der Waals surface area contributed by atoms with E-state index in [1.165, 1.54) is 11.2 Å². The van der Waals surface area contributed by atoms with Gasteiger partial charge in [-0.15, -0.1) is 0 Å². The molecule has 1 saturated heterocycles. The van der Waals surface area contributed by atoms with Crippen LogP contribution in [0.1, 0.15) is 19.4 Å². The quantitative estimate of drug-likeness (QED) is 0.814. The van der Waals surface area contributed by atoms with Crippen LogP contribution >= 0.6 is 0 Å². The average molecular weight is 324 g/mol. The van der Waals surface area contributed by atoms with Crippen molar-refractivity contribution in [3.8, 4) is 0 Å². The molecule has 1 aromatic rings. The molecule has 0 aromatic heterocycles. The van der Waals surface area contributed by atoms with Crippen LogP contribution in [0.2, 0.25) is 0 Å². The first kappa shape index (κ1) is 15.5. The van der Waals surface area contributed by atoms with Gasteiger partial charge in [-0.3, -0.25) is 4.79 Å². The predicted octanol–water partition coefficient (Wildman–Crippen LogP) is 1.00. The fourth-order valence-electron chi connectivity index (χ4n) is 3.00. The number of benzene rings is 1. The van der Waals surface area contributed by atoms with E-state index in [0.29, 0.717) is 26.2 Å². The second kappa shape index (κ2) is 5.64. The lowest BCUT2D eigenvalue weighted by Crippen LogP contribution is -2.44. The number of anilines is 1. The average Bonchev–Trinajstić information content (AvgIpc) is 2.90. The van der Waals surface area contributed by atoms with E-state index in [4.69, 9.17) is 4.74 Å². The number of hydrogen-bond donors (Lipinski definition) is 0. The van der Waals surface area contributed by atoms with Gasteiger partial charge in [0.1, 0.15) is 0 Å². The van der Waals surface area contributed by atoms with Crippen molar-refractivity contribution in [2.45, 2.75) is 31.3 Å². The van der Waals surface area contributed by atoms with Crippen molar-refractivity contribution in [1.82, 2.24) is 4.31 Å². The van der Waals surface area contributed by atoms with Crippen molar-refractivity contribution < 1.29 is 17.9 Å². The molecule has 1 fully saturated rings. The van der Waals surface area contributed by atoms with Gasteiger partial charge in [0.15, 0.2) is 0 Å². The summed E-state index contributed by atoms with van der Waals surface area (Å²) in [6.07, 6.45) is 0.663. The summed E-state index contributed by atoms with van der Waals surface area (Å²) in [5, 5.41) is 0. The Morgan fingerprint density at radius 1 is 1.32 bits per heavy atom. The van der Waals surface area contributed by atoms with E-state index in [0.717, 1.165) is 17.7 Å². The molecule has 0 radical (unpaired) electrons. The molecule has 0 N–H and O–H groups in total. The molecule has 120 valence electrons. The minimum absolute atomic E-state index is 0.0618. The van der Waals surface area contributed by atoms with Gasteiger partial charge in [-0.05, 0) is 31.0 Å². The number of fused-ring (bicyclic) bond motifs is 1. The zero-order chi connectivity index (χ0) is 15.9. The number of morpholine rings is 1. The number of amides is 1. The third kappa shape index (κ3) is 2.64. The normalized spacial score (nSPS) is 22.6. The van der Waals surface area contributed by atoms with Gasteiger partial charge in [-0.1, -0.05) is 6.07 Å². The van der Waals surface area contributed by atoms with Gasteiger partial charge in [0.25, 0.3) is 0 Å². The monoisotopic (exact) mass is 324 g/mol. The molecule has 2 aliphatic rings. The Labute approximate surface area is 130 Å². The van der Waals surface area contributed by atoms with E-state index in [1.54, 1.807) is 17.0 Å². The Kier molecular flexibility index (Phi) is 3.96. The summed E-state index contributed by atoms with van der Waals surface area (Å²) in [4.78, 5) is 13.5. The lowest BCUT2D eigenvalue weighted by Gasteiger charge is -2.30. The van der Waals surface area contributed by atoms with Gasteiger partial charge in [0.2, 0.25) is 15.9 Å². The molecule has 1 aromatic carbocycles. The molecule has 0 spiro atoms. The number of carbonyl (C=O) groups is 1. The first-order valence-electron chi connectivity index (χ1n) is 7.42. The van der Waals surface area contributed by atoms with Crippen LogP contribution in [0.4, 0.5) is 5.69 Å². The first-order chi connectivity index (χ1) is 10.4. The number of rotatable bonds is 2. The van der Waals surface area contributed by atoms with Crippen LogP contribution in [0.3, 0.4) is 0 Å². The van der Waals surface area contributed by atoms with Crippen LogP contribution in [0.5, 0.6) is 0 Å². The van der Waals surface area contributed by atoms with Gasteiger partial charge >= 0.3 is 0 Å². The molecule has 3 rings (SSSR count). The van der Waals surface area contributed by atoms with Gasteiger partial charge < -0.3 is 9.64 Å². The summed E-state index contributed by atoms with van der Waals surface area (Å²) in [5.41, 5.74) is 1.74. The molecule has 22 heavy (non-hydrogen) atoms. The Bertz CT molecular complexity index is 701. The molecule has 1 atom stereocenters. The summed E-state index contributed by atoms with van der Waals surface area (Å²) in [6.45, 7) is 5.10. The summed E-state index contributed by atoms with van der Waals surface area (Å²) in [7, 11) is -3.55. The van der Waals surface area contributed by atoms with Crippen molar-refractivity contribution in [2.75, 3.05) is 31.1 Å². The molecule has 7 heteroatoms. The summed E-state index contributed by atoms with van der Waals surface area (Å²) in [5.74, 6) is -0.0618. The standard InChI is InChI=1S/C15H20N2O4S/c1-11-10-16(7-8-21-11)22(19,20)14-4-3-13-5-6-17(12(2)18)15(13)9-14/h3-4,9,11H,5-8,10H2,1-2H3/t11-/m1/s1. The Morgan fingerprint density at radius 3 is 2.77 bits per heavy atom. The van der Waals surface area contributed by atoms with Crippen LogP contribution in [-0.2, 0) is 26.0 Å². The lowest BCUT2D eigenvalue weighted by atomic mass is 10.2. The van der Waals surface area contributed by atoms with Gasteiger partial charge in [-0.2, -0.15) is 4.31 Å². The van der Waals surface area contributed by atoms with Gasteiger partial charge in [-0.25, -0.2) is 8.42 Å². The van der Waals surface area contributed by atoms with E-state index in [-0.39, 0.29) is 16.9 Å². The van der Waals surface area contributed by atoms with E-state index >= 15 is 0 Å². The topological polar surface area (TPSA) is 66.9 Å². The molecule has 6 nitrogen and oxygen atoms in total. The maximum absolute atomic E-state index is 12.8. The van der Waals surface area contributed by atoms with Crippen molar-refractivity contribution >= 4 is 21.6 Å². The molecule has 0 bridgehead atoms. The smallest absolute Gasteiger partial charge is 0.243 e. The lowest BCUT2D eigenvalue weighted by molar-refractivity contribution is -0.116. The largest absolute Gasteiger partial charge is 0.376 e. The SMILES string of the molecule is CC(=O)N1CCc2ccc(S(=O)(=O)N3CCO[C@H](C)C3)cc21. The molecular weight excluding hydrogens is 304 g/mol. The Hall–Kier alpha value is -1.44. The van der Waals surface area contributed by atoms with Gasteiger partial charge in [0, 0.05) is 32.2 Å². The minimum Gasteiger partial charge on any atom is -0.376 e. The highest BCUT2D eigenvalue weighted by atomic mass is 32.2. The fourth-order valence-corrected chi connectivity index (χ4v) is 4.52. The number of ether oxygens (including phenoxy) is 1. The summed E-state index contributed by atoms with van der Waals surface area (Å²) < 4.78 is 32.4. The van der Waals surface area contributed by atoms with E-state index in [1.807, 2.05) is 13.0 Å². The van der Waals surface area contributed by atoms with Crippen LogP contribution in [0.15, 0.2) is 23.1 Å². The maximum Gasteiger partial charge on any atom is 0.243 e. The first-order valence-corrected chi connectivity index (χ1v) is 8.86. The second-order valence-corrected chi connectivity index (χ2v) is 7.69. The fraction of sp³-hybridized carbons (Fsp3) is 0.533. The zero-order valence-corrected chi connectivity index (χ0v) is 13.6. The maximum atomic E-state index is 12.8. The van der Waals surface area contributed by atoms with E-state index < -0.39 is 10.0 Å². The Morgan fingerprint density at radius 2 is 2.09 bits per heavy atom. The number of nitrogens with zero attached hydrogens (tertiary/aromatic N) is 2. The van der Waals surface area contributed by atoms with Gasteiger partial charge in [0.05, 0.1) is 17.6 Å². The van der Waals surface area contributed by atoms with Crippen LogP contribution in [0, 0.1) is 0 Å². The zero-order valence-electron chi connectivity index (χ0n) is 12.8. The molecule has 2 heterocycles. The molecule has 0 saturated carbocycles. The third-order valence-electron chi connectivity index (χ3n) is 4.17. The predicted molar refractivity (Wildman–Crippen MR) is 82.3 cm³/mol. The van der Waals surface area contributed by atoms with E-state index in [2.05, 4.69) is 0 Å². The van der Waals surface area contributed by atoms with Crippen molar-refractivity contribution in [3.05, 3.63) is 23.8 Å². The van der Waals surface area contributed by atoms with Crippen LogP contribution in [-0.4, -0.2) is 51.0 Å². The van der Waals surface area contributed by atoms with Crippen LogP contribution in [0.25, 0.3) is 0 Å². The summed E-state index contributed by atoms with van der Waals surface area (Å²) in [6, 6.07) is 5.08. The number of sulfonamides is 1. The highest BCUT2D eigenvalue weighted by Crippen LogP contribution is 2.31. The summed E-state index contributed by atoms with van der Waals surface area (Å²) >= 11 is 0. The Balaban J connectivity index is 1.95. The number of carbonyl (C=O) groups excluding carboxylic acids is 1.